The number of alkyl halides is 2. The highest BCUT2D eigenvalue weighted by molar-refractivity contribution is 5.93. The molecule has 0 heterocycles. The zero-order valence-corrected chi connectivity index (χ0v) is 17.1. The minimum absolute atomic E-state index is 0.0785. The molecule has 2 aliphatic carbocycles. The summed E-state index contributed by atoms with van der Waals surface area (Å²) in [7, 11) is 0. The van der Waals surface area contributed by atoms with E-state index in [0.29, 0.717) is 6.42 Å². The molecule has 2 aromatic rings. The van der Waals surface area contributed by atoms with Crippen molar-refractivity contribution in [3.05, 3.63) is 63.7 Å². The predicted molar refractivity (Wildman–Crippen MR) is 108 cm³/mol. The third-order valence-electron chi connectivity index (χ3n) is 6.54. The number of aryl methyl sites for hydroxylation is 2. The van der Waals surface area contributed by atoms with Crippen LogP contribution in [-0.4, -0.2) is 11.8 Å². The summed E-state index contributed by atoms with van der Waals surface area (Å²) in [4.78, 5) is 12.4. The van der Waals surface area contributed by atoms with Gasteiger partial charge in [0.05, 0.1) is 0 Å². The first-order valence-electron chi connectivity index (χ1n) is 10.4. The Morgan fingerprint density at radius 3 is 2.53 bits per heavy atom. The molecule has 1 unspecified atom stereocenters. The summed E-state index contributed by atoms with van der Waals surface area (Å²) < 4.78 is 53.0. The molecule has 4 rings (SSSR count). The van der Waals surface area contributed by atoms with Crippen LogP contribution < -0.4 is 5.32 Å². The largest absolute Gasteiger partial charge is 0.326 e. The Kier molecular flexibility index (Phi) is 5.37. The van der Waals surface area contributed by atoms with E-state index >= 15 is 0 Å². The van der Waals surface area contributed by atoms with E-state index in [4.69, 9.17) is 0 Å². The molecule has 0 bridgehead atoms. The number of fused-ring (bicyclic) bond motifs is 1. The molecule has 1 N–H and O–H groups in total. The molecular weight excluding hydrogens is 394 g/mol. The molecule has 160 valence electrons. The van der Waals surface area contributed by atoms with Crippen molar-refractivity contribution < 1.29 is 22.4 Å². The van der Waals surface area contributed by atoms with E-state index in [-0.39, 0.29) is 37.0 Å². The topological polar surface area (TPSA) is 29.1 Å². The zero-order chi connectivity index (χ0) is 21.6. The van der Waals surface area contributed by atoms with Gasteiger partial charge in [0, 0.05) is 24.9 Å². The number of carbonyl (C=O) groups is 1. The summed E-state index contributed by atoms with van der Waals surface area (Å²) in [6, 6.07) is 6.13. The number of hydrogen-bond acceptors (Lipinski definition) is 1. The monoisotopic (exact) mass is 419 g/mol. The fraction of sp³-hybridized carbons (Fsp3) is 0.458. The summed E-state index contributed by atoms with van der Waals surface area (Å²) in [5.74, 6) is -4.75. The van der Waals surface area contributed by atoms with Crippen molar-refractivity contribution >= 4 is 11.6 Å². The lowest BCUT2D eigenvalue weighted by Crippen LogP contribution is -2.37. The van der Waals surface area contributed by atoms with E-state index < -0.39 is 17.6 Å². The molecule has 0 spiro atoms. The van der Waals surface area contributed by atoms with Gasteiger partial charge >= 0.3 is 0 Å². The Bertz CT molecular complexity index is 993. The number of amides is 1. The van der Waals surface area contributed by atoms with Crippen molar-refractivity contribution in [2.75, 3.05) is 5.32 Å². The molecule has 1 fully saturated rings. The highest BCUT2D eigenvalue weighted by Crippen LogP contribution is 2.44. The number of halogens is 4. The van der Waals surface area contributed by atoms with Crippen LogP contribution in [0.3, 0.4) is 0 Å². The van der Waals surface area contributed by atoms with Gasteiger partial charge < -0.3 is 5.32 Å². The molecule has 0 saturated heterocycles. The lowest BCUT2D eigenvalue weighted by atomic mass is 9.77. The van der Waals surface area contributed by atoms with Gasteiger partial charge in [-0.2, -0.15) is 0 Å². The van der Waals surface area contributed by atoms with Crippen LogP contribution in [0.4, 0.5) is 23.2 Å². The molecule has 1 atom stereocenters. The Hall–Kier alpha value is -2.37. The first-order valence-corrected chi connectivity index (χ1v) is 10.4. The molecular formula is C24H25F4NO. The van der Waals surface area contributed by atoms with Crippen molar-refractivity contribution in [2.24, 2.45) is 5.92 Å². The fourth-order valence-corrected chi connectivity index (χ4v) is 4.92. The molecule has 0 aromatic heterocycles. The summed E-state index contributed by atoms with van der Waals surface area (Å²) in [6.07, 6.45) is 2.01. The van der Waals surface area contributed by atoms with Crippen molar-refractivity contribution in [2.45, 2.75) is 64.2 Å². The average Bonchev–Trinajstić information content (AvgIpc) is 2.65. The number of rotatable bonds is 4. The summed E-state index contributed by atoms with van der Waals surface area (Å²) in [5.41, 5.74) is 5.74. The SMILES string of the molecule is Cc1cc2c(c(C)c1NC(=O)CC1CC(F)(F)C1)CC(c1ccc(F)c(F)c1)CC2. The van der Waals surface area contributed by atoms with Crippen LogP contribution in [0.15, 0.2) is 24.3 Å². The van der Waals surface area contributed by atoms with E-state index in [9.17, 15) is 22.4 Å². The number of anilines is 1. The van der Waals surface area contributed by atoms with Gasteiger partial charge in [0.25, 0.3) is 0 Å². The van der Waals surface area contributed by atoms with E-state index in [2.05, 4.69) is 11.4 Å². The molecule has 0 aliphatic heterocycles. The average molecular weight is 419 g/mol. The Morgan fingerprint density at radius 2 is 1.87 bits per heavy atom. The van der Waals surface area contributed by atoms with E-state index in [1.165, 1.54) is 11.6 Å². The highest BCUT2D eigenvalue weighted by Gasteiger charge is 2.45. The molecule has 1 saturated carbocycles. The van der Waals surface area contributed by atoms with Gasteiger partial charge in [-0.25, -0.2) is 17.6 Å². The summed E-state index contributed by atoms with van der Waals surface area (Å²) in [5, 5.41) is 2.93. The lowest BCUT2D eigenvalue weighted by molar-refractivity contribution is -0.129. The maximum atomic E-state index is 13.7. The van der Waals surface area contributed by atoms with Crippen molar-refractivity contribution in [1.82, 2.24) is 0 Å². The van der Waals surface area contributed by atoms with Crippen molar-refractivity contribution in [3.8, 4) is 0 Å². The van der Waals surface area contributed by atoms with Gasteiger partial charge in [0.15, 0.2) is 11.6 Å². The smallest absolute Gasteiger partial charge is 0.248 e. The second-order valence-corrected chi connectivity index (χ2v) is 8.83. The Balaban J connectivity index is 1.52. The minimum Gasteiger partial charge on any atom is -0.326 e. The van der Waals surface area contributed by atoms with E-state index in [0.717, 1.165) is 46.8 Å². The van der Waals surface area contributed by atoms with Crippen molar-refractivity contribution in [3.63, 3.8) is 0 Å². The molecule has 6 heteroatoms. The second-order valence-electron chi connectivity index (χ2n) is 8.83. The van der Waals surface area contributed by atoms with Gasteiger partial charge in [-0.3, -0.25) is 4.79 Å². The number of benzene rings is 2. The van der Waals surface area contributed by atoms with Crippen LogP contribution in [0.1, 0.15) is 59.4 Å². The fourth-order valence-electron chi connectivity index (χ4n) is 4.92. The lowest BCUT2D eigenvalue weighted by Gasteiger charge is -2.34. The Labute approximate surface area is 173 Å². The second kappa shape index (κ2) is 7.71. The number of carbonyl (C=O) groups excluding carboxylic acids is 1. The predicted octanol–water partition coefficient (Wildman–Crippen LogP) is 6.23. The van der Waals surface area contributed by atoms with Crippen LogP contribution in [0.2, 0.25) is 0 Å². The van der Waals surface area contributed by atoms with E-state index in [1.54, 1.807) is 6.07 Å². The van der Waals surface area contributed by atoms with Gasteiger partial charge in [0.1, 0.15) is 0 Å². The first-order chi connectivity index (χ1) is 14.1. The molecule has 2 aromatic carbocycles. The molecule has 1 amide bonds. The molecule has 2 nitrogen and oxygen atoms in total. The van der Waals surface area contributed by atoms with Crippen LogP contribution >= 0.6 is 0 Å². The quantitative estimate of drug-likeness (QED) is 0.585. The summed E-state index contributed by atoms with van der Waals surface area (Å²) >= 11 is 0. The van der Waals surface area contributed by atoms with Crippen LogP contribution in [0.5, 0.6) is 0 Å². The zero-order valence-electron chi connectivity index (χ0n) is 17.1. The number of hydrogen-bond donors (Lipinski definition) is 1. The van der Waals surface area contributed by atoms with E-state index in [1.807, 2.05) is 13.8 Å². The molecule has 2 aliphatic rings. The third kappa shape index (κ3) is 4.09. The van der Waals surface area contributed by atoms with Crippen LogP contribution in [0.25, 0.3) is 0 Å². The summed E-state index contributed by atoms with van der Waals surface area (Å²) in [6.45, 7) is 3.88. The van der Waals surface area contributed by atoms with Crippen molar-refractivity contribution in [1.29, 1.82) is 0 Å². The highest BCUT2D eigenvalue weighted by atomic mass is 19.3. The standard InChI is InChI=1S/C24H25F4NO/c1-13-7-18-4-3-16(17-5-6-20(25)21(26)10-17)9-19(18)14(2)23(13)29-22(30)8-15-11-24(27,28)12-15/h5-7,10,15-16H,3-4,8-9,11-12H2,1-2H3,(H,29,30). The molecule has 30 heavy (non-hydrogen) atoms. The number of nitrogens with one attached hydrogen (secondary N) is 1. The van der Waals surface area contributed by atoms with Crippen LogP contribution in [-0.2, 0) is 17.6 Å². The maximum absolute atomic E-state index is 13.7. The Morgan fingerprint density at radius 1 is 1.13 bits per heavy atom. The normalized spacial score (nSPS) is 20.4. The maximum Gasteiger partial charge on any atom is 0.248 e. The van der Waals surface area contributed by atoms with Crippen LogP contribution in [0, 0.1) is 31.4 Å². The minimum atomic E-state index is -2.63. The molecule has 0 radical (unpaired) electrons. The van der Waals surface area contributed by atoms with Gasteiger partial charge in [-0.15, -0.1) is 0 Å². The van der Waals surface area contributed by atoms with Gasteiger partial charge in [0.2, 0.25) is 11.8 Å². The van der Waals surface area contributed by atoms with Gasteiger partial charge in [-0.05, 0) is 84.9 Å². The third-order valence-corrected chi connectivity index (χ3v) is 6.54. The van der Waals surface area contributed by atoms with Gasteiger partial charge in [-0.1, -0.05) is 12.1 Å². The first kappa shape index (κ1) is 20.9.